The Morgan fingerprint density at radius 3 is 2.25 bits per heavy atom. The highest BCUT2D eigenvalue weighted by Gasteiger charge is 2.26. The topological polar surface area (TPSA) is 61.8 Å². The number of hydrogen-bond acceptors (Lipinski definition) is 4. The van der Waals surface area contributed by atoms with Gasteiger partial charge in [0.15, 0.2) is 0 Å². The van der Waals surface area contributed by atoms with Crippen LogP contribution >= 0.6 is 0 Å². The van der Waals surface area contributed by atoms with E-state index in [1.165, 1.54) is 0 Å². The molecular weight excluding hydrogens is 400 g/mol. The van der Waals surface area contributed by atoms with Crippen LogP contribution in [0, 0.1) is 0 Å². The van der Waals surface area contributed by atoms with Gasteiger partial charge in [-0.15, -0.1) is 0 Å². The molecule has 3 aromatic carbocycles. The first-order valence-corrected chi connectivity index (χ1v) is 10.7. The molecule has 2 N–H and O–H groups in total. The van der Waals surface area contributed by atoms with E-state index in [2.05, 4.69) is 10.2 Å². The number of anilines is 1. The Labute approximate surface area is 190 Å². The third-order valence-electron chi connectivity index (χ3n) is 5.15. The lowest BCUT2D eigenvalue weighted by Crippen LogP contribution is -2.22. The molecule has 0 aromatic heterocycles. The lowest BCUT2D eigenvalue weighted by Gasteiger charge is -2.21. The van der Waals surface area contributed by atoms with E-state index < -0.39 is 5.92 Å². The molecule has 0 fully saturated rings. The predicted octanol–water partition coefficient (Wildman–Crippen LogP) is 5.16. The molecule has 0 aliphatic rings. The van der Waals surface area contributed by atoms with Crippen LogP contribution in [0.5, 0.6) is 11.5 Å². The Kier molecular flexibility index (Phi) is 8.06. The van der Waals surface area contributed by atoms with E-state index in [0.717, 1.165) is 29.0 Å². The third-order valence-corrected chi connectivity index (χ3v) is 5.15. The molecule has 1 amide bonds. The molecule has 5 nitrogen and oxygen atoms in total. The average Bonchev–Trinajstić information content (AvgIpc) is 2.79. The molecule has 0 radical (unpaired) electrons. The highest BCUT2D eigenvalue weighted by Crippen LogP contribution is 2.34. The van der Waals surface area contributed by atoms with Crippen molar-refractivity contribution in [2.24, 2.45) is 0 Å². The lowest BCUT2D eigenvalue weighted by atomic mass is 9.85. The van der Waals surface area contributed by atoms with E-state index >= 15 is 0 Å². The van der Waals surface area contributed by atoms with Crippen LogP contribution in [0.15, 0.2) is 84.9 Å². The van der Waals surface area contributed by atoms with Gasteiger partial charge in [0, 0.05) is 12.2 Å². The van der Waals surface area contributed by atoms with E-state index in [1.54, 1.807) is 24.3 Å². The van der Waals surface area contributed by atoms with Crippen molar-refractivity contribution in [2.75, 3.05) is 32.6 Å². The van der Waals surface area contributed by atoms with Gasteiger partial charge in [0.05, 0.1) is 5.92 Å². The number of phenols is 1. The minimum atomic E-state index is -0.529. The van der Waals surface area contributed by atoms with Gasteiger partial charge >= 0.3 is 0 Å². The van der Waals surface area contributed by atoms with Crippen molar-refractivity contribution in [2.45, 2.75) is 12.8 Å². The zero-order chi connectivity index (χ0) is 22.9. The van der Waals surface area contributed by atoms with Crippen LogP contribution in [0.2, 0.25) is 0 Å². The van der Waals surface area contributed by atoms with Crippen LogP contribution in [0.4, 0.5) is 5.69 Å². The maximum absolute atomic E-state index is 13.5. The fourth-order valence-electron chi connectivity index (χ4n) is 3.46. The Balaban J connectivity index is 1.82. The van der Waals surface area contributed by atoms with Gasteiger partial charge < -0.3 is 20.1 Å². The first-order chi connectivity index (χ1) is 15.5. The van der Waals surface area contributed by atoms with E-state index in [9.17, 15) is 9.90 Å². The number of carbonyl (C=O) groups excluding carboxylic acids is 1. The summed E-state index contributed by atoms with van der Waals surface area (Å²) in [5, 5.41) is 12.7. The van der Waals surface area contributed by atoms with Crippen LogP contribution in [0.1, 0.15) is 24.0 Å². The molecule has 0 spiro atoms. The van der Waals surface area contributed by atoms with Gasteiger partial charge in [0.2, 0.25) is 5.91 Å². The van der Waals surface area contributed by atoms with Crippen molar-refractivity contribution in [3.05, 3.63) is 96.1 Å². The lowest BCUT2D eigenvalue weighted by molar-refractivity contribution is -0.116. The Bertz CT molecular complexity index is 1030. The summed E-state index contributed by atoms with van der Waals surface area (Å²) in [5.74, 6) is 0.255. The smallest absolute Gasteiger partial charge is 0.236 e. The molecule has 3 aromatic rings. The number of benzene rings is 3. The molecular formula is C27H30N2O3. The Morgan fingerprint density at radius 1 is 1.00 bits per heavy atom. The molecule has 0 heterocycles. The SMILES string of the molecule is CC=C(c1ccccc1)C(C(=O)Nc1ccc(OCCN(C)C)cc1)c1ccc(O)cc1. The summed E-state index contributed by atoms with van der Waals surface area (Å²) in [5.41, 5.74) is 3.38. The molecule has 3 rings (SSSR count). The summed E-state index contributed by atoms with van der Waals surface area (Å²) in [7, 11) is 4.00. The van der Waals surface area contributed by atoms with Gasteiger partial charge in [0.1, 0.15) is 18.1 Å². The molecule has 0 saturated carbocycles. The van der Waals surface area contributed by atoms with Gasteiger partial charge in [-0.25, -0.2) is 0 Å². The molecule has 5 heteroatoms. The number of aromatic hydroxyl groups is 1. The molecule has 0 aliphatic carbocycles. The van der Waals surface area contributed by atoms with Crippen molar-refractivity contribution < 1.29 is 14.6 Å². The second-order valence-corrected chi connectivity index (χ2v) is 7.80. The molecule has 1 atom stereocenters. The highest BCUT2D eigenvalue weighted by molar-refractivity contribution is 6.04. The van der Waals surface area contributed by atoms with Gasteiger partial charge in [-0.2, -0.15) is 0 Å². The number of amides is 1. The number of allylic oxidation sites excluding steroid dienone is 1. The third kappa shape index (κ3) is 6.22. The number of phenolic OH excluding ortho intramolecular Hbond substituents is 1. The summed E-state index contributed by atoms with van der Waals surface area (Å²) in [4.78, 5) is 15.5. The molecule has 0 aliphatic heterocycles. The Hall–Kier alpha value is -3.57. The minimum absolute atomic E-state index is 0.145. The summed E-state index contributed by atoms with van der Waals surface area (Å²) < 4.78 is 5.73. The quantitative estimate of drug-likeness (QED) is 0.492. The summed E-state index contributed by atoms with van der Waals surface area (Å²) >= 11 is 0. The minimum Gasteiger partial charge on any atom is -0.508 e. The van der Waals surface area contributed by atoms with Crippen LogP contribution in [0.3, 0.4) is 0 Å². The van der Waals surface area contributed by atoms with Crippen molar-refractivity contribution >= 4 is 17.2 Å². The van der Waals surface area contributed by atoms with Crippen molar-refractivity contribution in [1.82, 2.24) is 4.90 Å². The molecule has 32 heavy (non-hydrogen) atoms. The zero-order valence-electron chi connectivity index (χ0n) is 18.8. The van der Waals surface area contributed by atoms with E-state index in [4.69, 9.17) is 4.74 Å². The van der Waals surface area contributed by atoms with Crippen LogP contribution in [0.25, 0.3) is 5.57 Å². The van der Waals surface area contributed by atoms with Crippen molar-refractivity contribution in [3.8, 4) is 11.5 Å². The van der Waals surface area contributed by atoms with Gasteiger partial charge in [-0.05, 0) is 74.1 Å². The largest absolute Gasteiger partial charge is 0.508 e. The monoisotopic (exact) mass is 430 g/mol. The normalized spacial score (nSPS) is 12.4. The number of likely N-dealkylation sites (N-methyl/N-ethyl adjacent to an activating group) is 1. The number of nitrogens with zero attached hydrogens (tertiary/aromatic N) is 1. The molecule has 0 bridgehead atoms. The zero-order valence-corrected chi connectivity index (χ0v) is 18.8. The summed E-state index contributed by atoms with van der Waals surface area (Å²) in [6, 6.07) is 24.0. The van der Waals surface area contributed by atoms with E-state index in [1.807, 2.05) is 81.7 Å². The first-order valence-electron chi connectivity index (χ1n) is 10.7. The van der Waals surface area contributed by atoms with Crippen LogP contribution in [-0.2, 0) is 4.79 Å². The van der Waals surface area contributed by atoms with E-state index in [0.29, 0.717) is 12.3 Å². The molecule has 1 unspecified atom stereocenters. The van der Waals surface area contributed by atoms with Gasteiger partial charge in [-0.1, -0.05) is 48.5 Å². The first kappa shape index (κ1) is 23.1. The number of ether oxygens (including phenoxy) is 1. The van der Waals surface area contributed by atoms with Crippen LogP contribution < -0.4 is 10.1 Å². The predicted molar refractivity (Wildman–Crippen MR) is 130 cm³/mol. The maximum atomic E-state index is 13.5. The fourth-order valence-corrected chi connectivity index (χ4v) is 3.46. The van der Waals surface area contributed by atoms with Crippen LogP contribution in [-0.4, -0.2) is 43.2 Å². The maximum Gasteiger partial charge on any atom is 0.236 e. The number of carbonyl (C=O) groups is 1. The van der Waals surface area contributed by atoms with Gasteiger partial charge in [-0.3, -0.25) is 4.79 Å². The van der Waals surface area contributed by atoms with Crippen molar-refractivity contribution in [3.63, 3.8) is 0 Å². The van der Waals surface area contributed by atoms with Crippen molar-refractivity contribution in [1.29, 1.82) is 0 Å². The van der Waals surface area contributed by atoms with Gasteiger partial charge in [0.25, 0.3) is 0 Å². The second-order valence-electron chi connectivity index (χ2n) is 7.80. The molecule has 166 valence electrons. The number of rotatable bonds is 9. The Morgan fingerprint density at radius 2 is 1.66 bits per heavy atom. The summed E-state index contributed by atoms with van der Waals surface area (Å²) in [6.07, 6.45) is 1.97. The summed E-state index contributed by atoms with van der Waals surface area (Å²) in [6.45, 7) is 3.37. The number of nitrogens with one attached hydrogen (secondary N) is 1. The number of hydrogen-bond donors (Lipinski definition) is 2. The second kappa shape index (κ2) is 11.2. The fraction of sp³-hybridized carbons (Fsp3) is 0.222. The standard InChI is InChI=1S/C27H30N2O3/c1-4-25(20-8-6-5-7-9-20)26(21-10-14-23(30)15-11-21)27(31)28-22-12-16-24(17-13-22)32-19-18-29(2)3/h4-17,26,30H,18-19H2,1-3H3,(H,28,31). The molecule has 0 saturated heterocycles. The highest BCUT2D eigenvalue weighted by atomic mass is 16.5. The average molecular weight is 431 g/mol. The van der Waals surface area contributed by atoms with E-state index in [-0.39, 0.29) is 11.7 Å².